The summed E-state index contributed by atoms with van der Waals surface area (Å²) in [4.78, 5) is 11.8. The van der Waals surface area contributed by atoms with E-state index in [0.717, 1.165) is 12.2 Å². The first-order chi connectivity index (χ1) is 7.34. The Morgan fingerprint density at radius 3 is 2.93 bits per heavy atom. The molecule has 2 aromatic heterocycles. The van der Waals surface area contributed by atoms with E-state index in [2.05, 4.69) is 30.5 Å². The monoisotopic (exact) mass is 224 g/mol. The fraction of sp³-hybridized carbons (Fsp3) is 0.250. The molecule has 15 heavy (non-hydrogen) atoms. The Balaban J connectivity index is 1.83. The van der Waals surface area contributed by atoms with Gasteiger partial charge in [-0.3, -0.25) is 5.10 Å². The fourth-order valence-electron chi connectivity index (χ4n) is 1.09. The van der Waals surface area contributed by atoms with Crippen LogP contribution in [0, 0.1) is 0 Å². The van der Waals surface area contributed by atoms with E-state index in [4.69, 9.17) is 11.6 Å². The van der Waals surface area contributed by atoms with Gasteiger partial charge in [-0.15, -0.1) is 0 Å². The van der Waals surface area contributed by atoms with Gasteiger partial charge in [-0.05, 0) is 0 Å². The highest BCUT2D eigenvalue weighted by molar-refractivity contribution is 6.29. The van der Waals surface area contributed by atoms with E-state index < -0.39 is 0 Å². The number of nitrogens with zero attached hydrogens (tertiary/aromatic N) is 4. The maximum Gasteiger partial charge on any atom is 0.137 e. The second kappa shape index (κ2) is 4.70. The van der Waals surface area contributed by atoms with E-state index in [9.17, 15) is 0 Å². The molecule has 2 rings (SSSR count). The lowest BCUT2D eigenvalue weighted by Gasteiger charge is -2.02. The Hall–Kier alpha value is -1.69. The molecule has 0 saturated carbocycles. The van der Waals surface area contributed by atoms with Gasteiger partial charge in [-0.2, -0.15) is 5.10 Å². The number of aromatic amines is 1. The van der Waals surface area contributed by atoms with Crippen LogP contribution in [0.2, 0.25) is 5.15 Å². The molecule has 2 aromatic rings. The summed E-state index contributed by atoms with van der Waals surface area (Å²) >= 11 is 5.70. The van der Waals surface area contributed by atoms with Crippen molar-refractivity contribution in [2.45, 2.75) is 6.42 Å². The van der Waals surface area contributed by atoms with Crippen LogP contribution in [0.25, 0.3) is 0 Å². The molecule has 0 radical (unpaired) electrons. The second-order valence-electron chi connectivity index (χ2n) is 2.83. The lowest BCUT2D eigenvalue weighted by Crippen LogP contribution is -2.07. The van der Waals surface area contributed by atoms with Gasteiger partial charge in [0, 0.05) is 19.0 Å². The second-order valence-corrected chi connectivity index (χ2v) is 3.22. The molecule has 0 saturated heterocycles. The zero-order chi connectivity index (χ0) is 10.5. The number of halogens is 1. The maximum absolute atomic E-state index is 5.70. The molecular formula is C8H9ClN6. The van der Waals surface area contributed by atoms with Crippen molar-refractivity contribution in [1.82, 2.24) is 25.1 Å². The fourth-order valence-corrected chi connectivity index (χ4v) is 1.24. The first-order valence-corrected chi connectivity index (χ1v) is 4.78. The van der Waals surface area contributed by atoms with Crippen LogP contribution in [0.15, 0.2) is 18.7 Å². The van der Waals surface area contributed by atoms with E-state index >= 15 is 0 Å². The number of H-pyrrole nitrogens is 1. The molecule has 0 unspecified atom stereocenters. The summed E-state index contributed by atoms with van der Waals surface area (Å²) in [5.74, 6) is 1.54. The normalized spacial score (nSPS) is 10.2. The first-order valence-electron chi connectivity index (χ1n) is 4.40. The minimum Gasteiger partial charge on any atom is -0.369 e. The number of anilines is 1. The van der Waals surface area contributed by atoms with E-state index in [1.165, 1.54) is 12.7 Å². The Morgan fingerprint density at radius 2 is 2.20 bits per heavy atom. The summed E-state index contributed by atoms with van der Waals surface area (Å²) in [7, 11) is 0. The van der Waals surface area contributed by atoms with Crippen LogP contribution in [-0.4, -0.2) is 31.7 Å². The van der Waals surface area contributed by atoms with E-state index in [1.54, 1.807) is 6.07 Å². The number of nitrogens with one attached hydrogen (secondary N) is 2. The van der Waals surface area contributed by atoms with Gasteiger partial charge < -0.3 is 5.32 Å². The van der Waals surface area contributed by atoms with Gasteiger partial charge in [0.25, 0.3) is 0 Å². The summed E-state index contributed by atoms with van der Waals surface area (Å²) in [5.41, 5.74) is 0. The SMILES string of the molecule is Clc1cc(NCCc2ncn[nH]2)ncn1. The molecule has 0 amide bonds. The molecule has 0 aliphatic heterocycles. The van der Waals surface area contributed by atoms with Gasteiger partial charge >= 0.3 is 0 Å². The highest BCUT2D eigenvalue weighted by Gasteiger charge is 1.97. The maximum atomic E-state index is 5.70. The molecule has 0 fully saturated rings. The van der Waals surface area contributed by atoms with Crippen LogP contribution >= 0.6 is 11.6 Å². The highest BCUT2D eigenvalue weighted by atomic mass is 35.5. The highest BCUT2D eigenvalue weighted by Crippen LogP contribution is 2.07. The standard InChI is InChI=1S/C8H9ClN6/c9-6-3-8(12-4-11-6)10-2-1-7-13-5-14-15-7/h3-5H,1-2H2,(H,10,11,12)(H,13,14,15). The van der Waals surface area contributed by atoms with Crippen molar-refractivity contribution >= 4 is 17.4 Å². The van der Waals surface area contributed by atoms with Crippen LogP contribution in [0.1, 0.15) is 5.82 Å². The van der Waals surface area contributed by atoms with Crippen LogP contribution < -0.4 is 5.32 Å². The summed E-state index contributed by atoms with van der Waals surface area (Å²) in [6.45, 7) is 0.711. The molecule has 0 aromatic carbocycles. The van der Waals surface area contributed by atoms with Crippen LogP contribution in [0.3, 0.4) is 0 Å². The third-order valence-electron chi connectivity index (χ3n) is 1.77. The van der Waals surface area contributed by atoms with E-state index in [1.807, 2.05) is 0 Å². The van der Waals surface area contributed by atoms with Crippen LogP contribution in [0.4, 0.5) is 5.82 Å². The minimum atomic E-state index is 0.423. The van der Waals surface area contributed by atoms with Crippen molar-refractivity contribution in [2.75, 3.05) is 11.9 Å². The zero-order valence-corrected chi connectivity index (χ0v) is 8.57. The van der Waals surface area contributed by atoms with Crippen molar-refractivity contribution < 1.29 is 0 Å². The Kier molecular flexibility index (Phi) is 3.08. The molecule has 0 aliphatic rings. The van der Waals surface area contributed by atoms with Gasteiger partial charge in [-0.25, -0.2) is 15.0 Å². The molecule has 78 valence electrons. The van der Waals surface area contributed by atoms with Crippen molar-refractivity contribution in [3.8, 4) is 0 Å². The summed E-state index contributed by atoms with van der Waals surface area (Å²) in [6.07, 6.45) is 3.65. The number of hydrogen-bond acceptors (Lipinski definition) is 5. The molecule has 7 heteroatoms. The predicted octanol–water partition coefficient (Wildman–Crippen LogP) is 0.903. The quantitative estimate of drug-likeness (QED) is 0.755. The molecular weight excluding hydrogens is 216 g/mol. The van der Waals surface area contributed by atoms with Crippen molar-refractivity contribution in [3.05, 3.63) is 29.7 Å². The largest absolute Gasteiger partial charge is 0.369 e. The topological polar surface area (TPSA) is 79.4 Å². The van der Waals surface area contributed by atoms with Crippen LogP contribution in [-0.2, 0) is 6.42 Å². The number of hydrogen-bond donors (Lipinski definition) is 2. The molecule has 6 nitrogen and oxygen atoms in total. The third-order valence-corrected chi connectivity index (χ3v) is 1.97. The Bertz CT molecular complexity index is 415. The molecule has 0 atom stereocenters. The molecule has 0 spiro atoms. The Labute approximate surface area is 91.1 Å². The van der Waals surface area contributed by atoms with Crippen LogP contribution in [0.5, 0.6) is 0 Å². The van der Waals surface area contributed by atoms with Crippen molar-refractivity contribution in [1.29, 1.82) is 0 Å². The zero-order valence-electron chi connectivity index (χ0n) is 7.81. The summed E-state index contributed by atoms with van der Waals surface area (Å²) in [6, 6.07) is 1.67. The van der Waals surface area contributed by atoms with Gasteiger partial charge in [0.1, 0.15) is 29.5 Å². The predicted molar refractivity (Wildman–Crippen MR) is 55.6 cm³/mol. The van der Waals surface area contributed by atoms with Gasteiger partial charge in [-0.1, -0.05) is 11.6 Å². The van der Waals surface area contributed by atoms with E-state index in [-0.39, 0.29) is 0 Å². The van der Waals surface area contributed by atoms with Gasteiger partial charge in [0.05, 0.1) is 0 Å². The molecule has 2 N–H and O–H groups in total. The number of rotatable bonds is 4. The van der Waals surface area contributed by atoms with Crippen molar-refractivity contribution in [2.24, 2.45) is 0 Å². The lowest BCUT2D eigenvalue weighted by molar-refractivity contribution is 0.896. The third kappa shape index (κ3) is 2.88. The average molecular weight is 225 g/mol. The average Bonchev–Trinajstić information content (AvgIpc) is 2.71. The van der Waals surface area contributed by atoms with Gasteiger partial charge in [0.15, 0.2) is 0 Å². The van der Waals surface area contributed by atoms with Gasteiger partial charge in [0.2, 0.25) is 0 Å². The molecule has 0 aliphatic carbocycles. The van der Waals surface area contributed by atoms with E-state index in [0.29, 0.717) is 17.5 Å². The molecule has 0 bridgehead atoms. The number of aromatic nitrogens is 5. The smallest absolute Gasteiger partial charge is 0.137 e. The summed E-state index contributed by atoms with van der Waals surface area (Å²) in [5, 5.41) is 10.0. The first kappa shape index (κ1) is 9.85. The minimum absolute atomic E-state index is 0.423. The van der Waals surface area contributed by atoms with Crippen molar-refractivity contribution in [3.63, 3.8) is 0 Å². The lowest BCUT2D eigenvalue weighted by atomic mass is 10.4. The Morgan fingerprint density at radius 1 is 1.27 bits per heavy atom. The molecule has 2 heterocycles. The summed E-state index contributed by atoms with van der Waals surface area (Å²) < 4.78 is 0.